The van der Waals surface area contributed by atoms with Crippen molar-refractivity contribution in [3.63, 3.8) is 0 Å². The predicted octanol–water partition coefficient (Wildman–Crippen LogP) is 3.08. The molecule has 1 amide bonds. The maximum Gasteiger partial charge on any atom is 0.272 e. The Hall–Kier alpha value is -3.16. The highest BCUT2D eigenvalue weighted by Gasteiger charge is 2.29. The summed E-state index contributed by atoms with van der Waals surface area (Å²) in [5, 5.41) is 13.6. The minimum atomic E-state index is -0.560. The third kappa shape index (κ3) is 2.51. The molecule has 0 saturated heterocycles. The van der Waals surface area contributed by atoms with Crippen molar-refractivity contribution in [3.8, 4) is 5.75 Å². The number of carbonyl (C=O) groups is 1. The molecule has 24 heavy (non-hydrogen) atoms. The highest BCUT2D eigenvalue weighted by Crippen LogP contribution is 2.33. The number of carbonyl (C=O) groups excluding carboxylic acids is 1. The lowest BCUT2D eigenvalue weighted by molar-refractivity contribution is -0.385. The molecule has 0 aliphatic carbocycles. The van der Waals surface area contributed by atoms with Crippen LogP contribution in [0.3, 0.4) is 0 Å². The van der Waals surface area contributed by atoms with Crippen molar-refractivity contribution in [3.05, 3.63) is 57.4 Å². The van der Waals surface area contributed by atoms with E-state index in [-0.39, 0.29) is 23.7 Å². The van der Waals surface area contributed by atoms with Gasteiger partial charge in [-0.3, -0.25) is 19.8 Å². The van der Waals surface area contributed by atoms with Crippen molar-refractivity contribution in [2.45, 2.75) is 6.92 Å². The molecule has 1 aliphatic rings. The number of nitrogens with one attached hydrogen (secondary N) is 1. The molecular weight excluding hydrogens is 317 g/mol. The maximum absolute atomic E-state index is 13.9. The van der Waals surface area contributed by atoms with Crippen molar-refractivity contribution in [2.24, 2.45) is 0 Å². The van der Waals surface area contributed by atoms with Gasteiger partial charge in [0.05, 0.1) is 16.2 Å². The smallest absolute Gasteiger partial charge is 0.272 e. The highest BCUT2D eigenvalue weighted by molar-refractivity contribution is 6.09. The van der Waals surface area contributed by atoms with Crippen LogP contribution in [0, 0.1) is 22.9 Å². The third-order valence-electron chi connectivity index (χ3n) is 3.85. The quantitative estimate of drug-likeness (QED) is 0.690. The van der Waals surface area contributed by atoms with E-state index < -0.39 is 16.6 Å². The Morgan fingerprint density at radius 3 is 2.71 bits per heavy atom. The second kappa shape index (κ2) is 5.80. The van der Waals surface area contributed by atoms with Crippen molar-refractivity contribution < 1.29 is 18.8 Å². The lowest BCUT2D eigenvalue weighted by Crippen LogP contribution is -2.38. The summed E-state index contributed by atoms with van der Waals surface area (Å²) in [4.78, 5) is 24.3. The van der Waals surface area contributed by atoms with E-state index in [1.54, 1.807) is 14.0 Å². The molecule has 0 saturated carbocycles. The number of amides is 1. The molecule has 7 nitrogen and oxygen atoms in total. The largest absolute Gasteiger partial charge is 0.472 e. The van der Waals surface area contributed by atoms with E-state index in [1.165, 1.54) is 29.2 Å². The zero-order chi connectivity index (χ0) is 17.4. The van der Waals surface area contributed by atoms with Gasteiger partial charge in [-0.1, -0.05) is 0 Å². The van der Waals surface area contributed by atoms with Crippen LogP contribution < -0.4 is 15.0 Å². The van der Waals surface area contributed by atoms with Crippen molar-refractivity contribution >= 4 is 23.0 Å². The average Bonchev–Trinajstić information content (AvgIpc) is 2.55. The summed E-state index contributed by atoms with van der Waals surface area (Å²) in [5.41, 5.74) is 1.18. The van der Waals surface area contributed by atoms with Gasteiger partial charge in [-0.25, -0.2) is 4.39 Å². The molecule has 0 fully saturated rings. The molecule has 3 rings (SSSR count). The standard InChI is InChI=1S/C16H14FN3O4/c1-9-5-10(3-4-14(9)20(22)23)19-8-24-15-7-13(18-2)12(17)6-11(15)16(19)21/h3-7,18H,8H2,1-2H3. The second-order valence-electron chi connectivity index (χ2n) is 5.31. The minimum absolute atomic E-state index is 0.0331. The molecule has 0 aromatic heterocycles. The van der Waals surface area contributed by atoms with Crippen LogP contribution in [-0.2, 0) is 0 Å². The summed E-state index contributed by atoms with van der Waals surface area (Å²) in [5.74, 6) is -0.693. The fourth-order valence-corrected chi connectivity index (χ4v) is 2.57. The summed E-state index contributed by atoms with van der Waals surface area (Å²) in [6.07, 6.45) is 0. The highest BCUT2D eigenvalue weighted by atomic mass is 19.1. The van der Waals surface area contributed by atoms with Gasteiger partial charge in [-0.2, -0.15) is 0 Å². The van der Waals surface area contributed by atoms with Gasteiger partial charge in [-0.15, -0.1) is 0 Å². The normalized spacial score (nSPS) is 13.3. The van der Waals surface area contributed by atoms with Gasteiger partial charge in [0.2, 0.25) is 0 Å². The number of rotatable bonds is 3. The lowest BCUT2D eigenvalue weighted by Gasteiger charge is -2.29. The molecule has 1 aliphatic heterocycles. The van der Waals surface area contributed by atoms with Crippen LogP contribution in [0.1, 0.15) is 15.9 Å². The number of aryl methyl sites for hydroxylation is 1. The summed E-state index contributed by atoms with van der Waals surface area (Å²) >= 11 is 0. The van der Waals surface area contributed by atoms with Crippen LogP contribution in [0.15, 0.2) is 30.3 Å². The zero-order valence-corrected chi connectivity index (χ0v) is 13.0. The molecule has 2 aromatic rings. The van der Waals surface area contributed by atoms with Gasteiger partial charge in [0, 0.05) is 30.4 Å². The molecule has 8 heteroatoms. The second-order valence-corrected chi connectivity index (χ2v) is 5.31. The Morgan fingerprint density at radius 1 is 1.33 bits per heavy atom. The summed E-state index contributed by atoms with van der Waals surface area (Å²) in [6.45, 7) is 1.53. The first-order valence-corrected chi connectivity index (χ1v) is 7.13. The monoisotopic (exact) mass is 331 g/mol. The zero-order valence-electron chi connectivity index (χ0n) is 13.0. The van der Waals surface area contributed by atoms with Gasteiger partial charge in [-0.05, 0) is 25.1 Å². The van der Waals surface area contributed by atoms with Crippen molar-refractivity contribution in [2.75, 3.05) is 24.0 Å². The SMILES string of the molecule is CNc1cc2c(cc1F)C(=O)N(c1ccc([N+](=O)[O-])c(C)c1)CO2. The van der Waals surface area contributed by atoms with E-state index in [0.717, 1.165) is 6.07 Å². The first-order chi connectivity index (χ1) is 11.4. The fourth-order valence-electron chi connectivity index (χ4n) is 2.57. The predicted molar refractivity (Wildman–Crippen MR) is 86.1 cm³/mol. The molecule has 124 valence electrons. The van der Waals surface area contributed by atoms with Crippen LogP contribution in [0.5, 0.6) is 5.75 Å². The van der Waals surface area contributed by atoms with Crippen LogP contribution in [0.4, 0.5) is 21.5 Å². The van der Waals surface area contributed by atoms with Gasteiger partial charge in [0.15, 0.2) is 6.73 Å². The Morgan fingerprint density at radius 2 is 2.08 bits per heavy atom. The number of hydrogen-bond donors (Lipinski definition) is 1. The Balaban J connectivity index is 1.98. The Kier molecular flexibility index (Phi) is 3.80. The minimum Gasteiger partial charge on any atom is -0.472 e. The first-order valence-electron chi connectivity index (χ1n) is 7.13. The van der Waals surface area contributed by atoms with E-state index in [1.807, 2.05) is 0 Å². The summed E-state index contributed by atoms with van der Waals surface area (Å²) < 4.78 is 19.5. The van der Waals surface area contributed by atoms with E-state index in [0.29, 0.717) is 17.0 Å². The van der Waals surface area contributed by atoms with Gasteiger partial charge < -0.3 is 10.1 Å². The van der Waals surface area contributed by atoms with E-state index in [4.69, 9.17) is 4.74 Å². The number of halogens is 1. The Labute approximate surface area is 136 Å². The van der Waals surface area contributed by atoms with Crippen LogP contribution in [-0.4, -0.2) is 24.6 Å². The number of hydrogen-bond acceptors (Lipinski definition) is 5. The molecule has 0 radical (unpaired) electrons. The topological polar surface area (TPSA) is 84.7 Å². The number of fused-ring (bicyclic) bond motifs is 1. The fraction of sp³-hybridized carbons (Fsp3) is 0.188. The Bertz CT molecular complexity index is 853. The van der Waals surface area contributed by atoms with Gasteiger partial charge in [0.1, 0.15) is 11.6 Å². The van der Waals surface area contributed by atoms with E-state index in [2.05, 4.69) is 5.32 Å². The average molecular weight is 331 g/mol. The molecule has 0 atom stereocenters. The first kappa shape index (κ1) is 15.7. The van der Waals surface area contributed by atoms with E-state index >= 15 is 0 Å². The molecule has 0 unspecified atom stereocenters. The molecular formula is C16H14FN3O4. The van der Waals surface area contributed by atoms with Crippen molar-refractivity contribution in [1.82, 2.24) is 0 Å². The van der Waals surface area contributed by atoms with Crippen LogP contribution in [0.2, 0.25) is 0 Å². The molecule has 1 N–H and O–H groups in total. The van der Waals surface area contributed by atoms with Crippen molar-refractivity contribution in [1.29, 1.82) is 0 Å². The van der Waals surface area contributed by atoms with Crippen LogP contribution >= 0.6 is 0 Å². The number of nitro groups is 1. The van der Waals surface area contributed by atoms with Crippen LogP contribution in [0.25, 0.3) is 0 Å². The van der Waals surface area contributed by atoms with E-state index in [9.17, 15) is 19.3 Å². The number of nitro benzene ring substituents is 1. The third-order valence-corrected chi connectivity index (χ3v) is 3.85. The summed E-state index contributed by atoms with van der Waals surface area (Å²) in [7, 11) is 1.57. The lowest BCUT2D eigenvalue weighted by atomic mass is 10.1. The molecule has 1 heterocycles. The number of nitrogens with zero attached hydrogens (tertiary/aromatic N) is 2. The molecule has 2 aromatic carbocycles. The maximum atomic E-state index is 13.9. The number of ether oxygens (including phenoxy) is 1. The molecule has 0 bridgehead atoms. The number of benzene rings is 2. The molecule has 0 spiro atoms. The number of anilines is 2. The van der Waals surface area contributed by atoms with Gasteiger partial charge in [0.25, 0.3) is 11.6 Å². The summed E-state index contributed by atoms with van der Waals surface area (Å²) in [6, 6.07) is 6.88. The van der Waals surface area contributed by atoms with Gasteiger partial charge >= 0.3 is 0 Å².